The van der Waals surface area contributed by atoms with Crippen molar-refractivity contribution in [2.75, 3.05) is 39.8 Å². The summed E-state index contributed by atoms with van der Waals surface area (Å²) in [6.07, 6.45) is 5.16. The van der Waals surface area contributed by atoms with Crippen molar-refractivity contribution in [3.05, 3.63) is 39.3 Å². The molecule has 2 aromatic heterocycles. The number of piperazine rings is 1. The van der Waals surface area contributed by atoms with Gasteiger partial charge in [0.15, 0.2) is 5.69 Å². The van der Waals surface area contributed by atoms with Crippen LogP contribution in [0, 0.1) is 0 Å². The van der Waals surface area contributed by atoms with Crippen LogP contribution in [0.25, 0.3) is 0 Å². The van der Waals surface area contributed by atoms with Crippen molar-refractivity contribution in [1.29, 1.82) is 0 Å². The molecule has 6 nitrogen and oxygen atoms in total. The number of carbonyl (C=O) groups excluding carboxylic acids is 1. The minimum absolute atomic E-state index is 0.128. The van der Waals surface area contributed by atoms with Crippen LogP contribution in [0.4, 0.5) is 0 Å². The highest BCUT2D eigenvalue weighted by Gasteiger charge is 2.31. The first-order valence-corrected chi connectivity index (χ1v) is 11.9. The van der Waals surface area contributed by atoms with Gasteiger partial charge in [-0.3, -0.25) is 9.48 Å². The molecule has 0 radical (unpaired) electrons. The average Bonchev–Trinajstić information content (AvgIpc) is 3.37. The summed E-state index contributed by atoms with van der Waals surface area (Å²) in [7, 11) is 2.12. The lowest BCUT2D eigenvalue weighted by atomic mass is 9.91. The Labute approximate surface area is 177 Å². The van der Waals surface area contributed by atoms with Crippen molar-refractivity contribution in [3.8, 4) is 0 Å². The zero-order valence-corrected chi connectivity index (χ0v) is 18.5. The van der Waals surface area contributed by atoms with Crippen LogP contribution in [0.3, 0.4) is 0 Å². The normalized spacial score (nSPS) is 20.1. The van der Waals surface area contributed by atoms with Crippen LogP contribution >= 0.6 is 11.3 Å². The second-order valence-electron chi connectivity index (χ2n) is 8.32. The summed E-state index contributed by atoms with van der Waals surface area (Å²) >= 11 is 1.82. The van der Waals surface area contributed by atoms with Gasteiger partial charge >= 0.3 is 0 Å². The lowest BCUT2D eigenvalue weighted by Crippen LogP contribution is -2.47. The van der Waals surface area contributed by atoms with Crippen molar-refractivity contribution < 1.29 is 4.79 Å². The maximum absolute atomic E-state index is 13.3. The molecule has 3 heterocycles. The third kappa shape index (κ3) is 4.73. The second kappa shape index (κ2) is 9.41. The van der Waals surface area contributed by atoms with Crippen LogP contribution in [0.15, 0.2) is 17.5 Å². The van der Waals surface area contributed by atoms with Crippen LogP contribution in [-0.2, 0) is 25.8 Å². The predicted octanol–water partition coefficient (Wildman–Crippen LogP) is 2.43. The summed E-state index contributed by atoms with van der Waals surface area (Å²) < 4.78 is 2.11. The van der Waals surface area contributed by atoms with Crippen molar-refractivity contribution in [2.24, 2.45) is 0 Å². The fourth-order valence-electron chi connectivity index (χ4n) is 4.44. The van der Waals surface area contributed by atoms with Crippen molar-refractivity contribution in [2.45, 2.75) is 51.6 Å². The third-order valence-electron chi connectivity index (χ3n) is 6.16. The molecule has 0 aromatic carbocycles. The van der Waals surface area contributed by atoms with Crippen LogP contribution in [0.1, 0.15) is 46.4 Å². The van der Waals surface area contributed by atoms with Gasteiger partial charge in [0.25, 0.3) is 5.91 Å². The standard InChI is InChI=1S/C22H33N5OS/c1-3-10-27-20-7-6-17(23-9-8-18-5-4-15-29-18)16-19(20)21(24-27)22(28)26-13-11-25(2)12-14-26/h4-5,15,17,23H,3,6-14,16H2,1-2H3. The highest BCUT2D eigenvalue weighted by molar-refractivity contribution is 7.09. The zero-order chi connectivity index (χ0) is 20.2. The van der Waals surface area contributed by atoms with Crippen LogP contribution in [0.5, 0.6) is 0 Å². The number of nitrogens with zero attached hydrogens (tertiary/aromatic N) is 4. The van der Waals surface area contributed by atoms with E-state index in [9.17, 15) is 4.79 Å². The van der Waals surface area contributed by atoms with E-state index in [4.69, 9.17) is 5.10 Å². The number of nitrogens with one attached hydrogen (secondary N) is 1. The molecule has 7 heteroatoms. The second-order valence-corrected chi connectivity index (χ2v) is 9.35. The van der Waals surface area contributed by atoms with E-state index in [1.54, 1.807) is 0 Å². The highest BCUT2D eigenvalue weighted by Crippen LogP contribution is 2.26. The number of amides is 1. The molecule has 1 fully saturated rings. The number of aromatic nitrogens is 2. The van der Waals surface area contributed by atoms with E-state index >= 15 is 0 Å². The minimum atomic E-state index is 0.128. The first kappa shape index (κ1) is 20.6. The van der Waals surface area contributed by atoms with Crippen molar-refractivity contribution in [3.63, 3.8) is 0 Å². The van der Waals surface area contributed by atoms with Crippen molar-refractivity contribution >= 4 is 17.2 Å². The summed E-state index contributed by atoms with van der Waals surface area (Å²) in [4.78, 5) is 19.0. The van der Waals surface area contributed by atoms with Crippen LogP contribution in [-0.4, -0.2) is 71.3 Å². The molecule has 1 aliphatic carbocycles. The molecule has 1 aliphatic heterocycles. The largest absolute Gasteiger partial charge is 0.335 e. The number of rotatable bonds is 7. The maximum Gasteiger partial charge on any atom is 0.274 e. The Hall–Kier alpha value is -1.70. The van der Waals surface area contributed by atoms with Gasteiger partial charge in [-0.15, -0.1) is 11.3 Å². The molecule has 1 atom stereocenters. The number of fused-ring (bicyclic) bond motifs is 1. The summed E-state index contributed by atoms with van der Waals surface area (Å²) in [5, 5.41) is 10.7. The topological polar surface area (TPSA) is 53.4 Å². The number of hydrogen-bond acceptors (Lipinski definition) is 5. The smallest absolute Gasteiger partial charge is 0.274 e. The Morgan fingerprint density at radius 1 is 1.31 bits per heavy atom. The zero-order valence-electron chi connectivity index (χ0n) is 17.7. The molecule has 158 valence electrons. The van der Waals surface area contributed by atoms with Crippen molar-refractivity contribution in [1.82, 2.24) is 24.9 Å². The average molecular weight is 416 g/mol. The molecule has 2 aromatic rings. The molecule has 0 bridgehead atoms. The Morgan fingerprint density at radius 3 is 2.86 bits per heavy atom. The summed E-state index contributed by atoms with van der Waals surface area (Å²) in [5.74, 6) is 0.128. The van der Waals surface area contributed by atoms with Gasteiger partial charge in [-0.2, -0.15) is 5.10 Å². The van der Waals surface area contributed by atoms with Gasteiger partial charge in [-0.05, 0) is 50.6 Å². The van der Waals surface area contributed by atoms with Gasteiger partial charge in [-0.25, -0.2) is 0 Å². The Balaban J connectivity index is 1.46. The SMILES string of the molecule is CCCn1nc(C(=O)N2CCN(C)CC2)c2c1CCC(NCCc1cccs1)C2. The van der Waals surface area contributed by atoms with Gasteiger partial charge in [0.1, 0.15) is 0 Å². The summed E-state index contributed by atoms with van der Waals surface area (Å²) in [6, 6.07) is 4.75. The molecular weight excluding hydrogens is 382 g/mol. The highest BCUT2D eigenvalue weighted by atomic mass is 32.1. The monoisotopic (exact) mass is 415 g/mol. The van der Waals surface area contributed by atoms with E-state index in [0.717, 1.165) is 71.4 Å². The minimum Gasteiger partial charge on any atom is -0.335 e. The molecule has 1 N–H and O–H groups in total. The molecule has 0 spiro atoms. The summed E-state index contributed by atoms with van der Waals surface area (Å²) in [6.45, 7) is 7.54. The van der Waals surface area contributed by atoms with Gasteiger partial charge in [0, 0.05) is 61.4 Å². The van der Waals surface area contributed by atoms with Crippen LogP contribution in [0.2, 0.25) is 0 Å². The number of thiophene rings is 1. The lowest BCUT2D eigenvalue weighted by Gasteiger charge is -2.32. The third-order valence-corrected chi connectivity index (χ3v) is 7.10. The molecule has 2 aliphatic rings. The fraction of sp³-hybridized carbons (Fsp3) is 0.636. The van der Waals surface area contributed by atoms with E-state index in [2.05, 4.69) is 46.4 Å². The Morgan fingerprint density at radius 2 is 2.14 bits per heavy atom. The van der Waals surface area contributed by atoms with E-state index in [1.807, 2.05) is 16.2 Å². The van der Waals surface area contributed by atoms with E-state index in [1.165, 1.54) is 16.1 Å². The quantitative estimate of drug-likeness (QED) is 0.755. The number of carbonyl (C=O) groups is 1. The van der Waals surface area contributed by atoms with Gasteiger partial charge in [0.2, 0.25) is 0 Å². The molecule has 1 saturated heterocycles. The van der Waals surface area contributed by atoms with E-state index < -0.39 is 0 Å². The summed E-state index contributed by atoms with van der Waals surface area (Å²) in [5.41, 5.74) is 3.20. The maximum atomic E-state index is 13.3. The lowest BCUT2D eigenvalue weighted by molar-refractivity contribution is 0.0656. The number of hydrogen-bond donors (Lipinski definition) is 1. The molecule has 0 saturated carbocycles. The van der Waals surface area contributed by atoms with Crippen LogP contribution < -0.4 is 5.32 Å². The van der Waals surface area contributed by atoms with Gasteiger partial charge in [-0.1, -0.05) is 13.0 Å². The molecule has 29 heavy (non-hydrogen) atoms. The molecular formula is C22H33N5OS. The molecule has 1 unspecified atom stereocenters. The number of aryl methyl sites for hydroxylation is 1. The Bertz CT molecular complexity index is 808. The fourth-order valence-corrected chi connectivity index (χ4v) is 5.15. The van der Waals surface area contributed by atoms with Gasteiger partial charge < -0.3 is 15.1 Å². The van der Waals surface area contributed by atoms with E-state index in [0.29, 0.717) is 11.7 Å². The first-order chi connectivity index (χ1) is 14.2. The van der Waals surface area contributed by atoms with Gasteiger partial charge in [0.05, 0.1) is 0 Å². The predicted molar refractivity (Wildman–Crippen MR) is 118 cm³/mol. The molecule has 1 amide bonds. The number of likely N-dealkylation sites (N-methyl/N-ethyl adjacent to an activating group) is 1. The first-order valence-electron chi connectivity index (χ1n) is 11.0. The van der Waals surface area contributed by atoms with E-state index in [-0.39, 0.29) is 5.91 Å². The Kier molecular flexibility index (Phi) is 6.67. The molecule has 4 rings (SSSR count).